The van der Waals surface area contributed by atoms with E-state index in [-0.39, 0.29) is 11.3 Å². The summed E-state index contributed by atoms with van der Waals surface area (Å²) in [5.41, 5.74) is 2.08. The highest BCUT2D eigenvalue weighted by Crippen LogP contribution is 2.31. The first-order valence-corrected chi connectivity index (χ1v) is 8.15. The Bertz CT molecular complexity index is 951. The van der Waals surface area contributed by atoms with Crippen molar-refractivity contribution in [3.05, 3.63) is 54.5 Å². The number of hydrogen-bond acceptors (Lipinski definition) is 5. The number of benzene rings is 2. The van der Waals surface area contributed by atoms with Crippen molar-refractivity contribution in [2.24, 2.45) is 0 Å². The van der Waals surface area contributed by atoms with Crippen molar-refractivity contribution in [1.29, 1.82) is 0 Å². The van der Waals surface area contributed by atoms with Crippen LogP contribution in [0.3, 0.4) is 0 Å². The van der Waals surface area contributed by atoms with Gasteiger partial charge >= 0.3 is 0 Å². The second-order valence-electron chi connectivity index (χ2n) is 4.91. The topological polar surface area (TPSA) is 80.3 Å². The lowest BCUT2D eigenvalue weighted by molar-refractivity contribution is 0.388. The fraction of sp³-hybridized carbons (Fsp3) is 0.0625. The minimum atomic E-state index is -2.70. The number of pyridine rings is 1. The highest BCUT2D eigenvalue weighted by Gasteiger charge is 2.11. The number of nitrogens with one attached hydrogen (secondary N) is 2. The van der Waals surface area contributed by atoms with Gasteiger partial charge in [0.25, 0.3) is 0 Å². The Morgan fingerprint density at radius 1 is 1.04 bits per heavy atom. The average molecular weight is 347 g/mol. The van der Waals surface area contributed by atoms with Crippen LogP contribution in [0.1, 0.15) is 0 Å². The predicted octanol–water partition coefficient (Wildman–Crippen LogP) is 3.06. The number of hydrogen-bond donors (Lipinski definition) is 3. The SMILES string of the molecule is COc1ccc2c(Nc3ccc(N[SH](=O)=O)cc3)ccnc2c1F. The molecular formula is C16H14FN3O3S. The fourth-order valence-corrected chi connectivity index (χ4v) is 2.68. The maximum Gasteiger partial charge on any atom is 0.222 e. The molecule has 0 aliphatic heterocycles. The molecule has 0 saturated carbocycles. The molecule has 0 fully saturated rings. The van der Waals surface area contributed by atoms with E-state index in [2.05, 4.69) is 15.0 Å². The average Bonchev–Trinajstić information content (AvgIpc) is 2.57. The van der Waals surface area contributed by atoms with E-state index < -0.39 is 16.7 Å². The lowest BCUT2D eigenvalue weighted by Crippen LogP contribution is -1.97. The van der Waals surface area contributed by atoms with Crippen molar-refractivity contribution in [3.8, 4) is 5.75 Å². The van der Waals surface area contributed by atoms with Crippen LogP contribution in [0.25, 0.3) is 10.9 Å². The highest BCUT2D eigenvalue weighted by atomic mass is 32.2. The summed E-state index contributed by atoms with van der Waals surface area (Å²) >= 11 is 0. The van der Waals surface area contributed by atoms with Gasteiger partial charge in [-0.05, 0) is 42.5 Å². The Morgan fingerprint density at radius 3 is 2.42 bits per heavy atom. The van der Waals surface area contributed by atoms with E-state index in [1.165, 1.54) is 13.3 Å². The van der Waals surface area contributed by atoms with E-state index in [9.17, 15) is 12.8 Å². The lowest BCUT2D eigenvalue weighted by atomic mass is 10.1. The largest absolute Gasteiger partial charge is 0.494 e. The third kappa shape index (κ3) is 3.23. The van der Waals surface area contributed by atoms with Gasteiger partial charge in [0, 0.05) is 28.6 Å². The zero-order valence-electron chi connectivity index (χ0n) is 12.6. The van der Waals surface area contributed by atoms with Crippen molar-refractivity contribution in [2.45, 2.75) is 0 Å². The number of rotatable bonds is 5. The molecule has 0 saturated heterocycles. The van der Waals surface area contributed by atoms with Crippen LogP contribution in [-0.4, -0.2) is 20.5 Å². The molecule has 0 bridgehead atoms. The molecule has 0 aliphatic rings. The number of methoxy groups -OCH3 is 1. The molecule has 1 heterocycles. The molecule has 0 atom stereocenters. The Labute approximate surface area is 139 Å². The van der Waals surface area contributed by atoms with E-state index in [4.69, 9.17) is 4.74 Å². The van der Waals surface area contributed by atoms with E-state index in [1.807, 2.05) is 0 Å². The molecule has 1 aromatic heterocycles. The molecule has 3 rings (SSSR count). The third-order valence-electron chi connectivity index (χ3n) is 3.42. The number of nitrogens with zero attached hydrogens (tertiary/aromatic N) is 1. The van der Waals surface area contributed by atoms with E-state index >= 15 is 0 Å². The first kappa shape index (κ1) is 16.0. The molecule has 0 spiro atoms. The minimum absolute atomic E-state index is 0.134. The summed E-state index contributed by atoms with van der Waals surface area (Å²) in [7, 11) is -1.30. The van der Waals surface area contributed by atoms with Crippen molar-refractivity contribution in [3.63, 3.8) is 0 Å². The summed E-state index contributed by atoms with van der Waals surface area (Å²) in [6, 6.07) is 11.7. The fourth-order valence-electron chi connectivity index (χ4n) is 2.32. The molecular weight excluding hydrogens is 333 g/mol. The quantitative estimate of drug-likeness (QED) is 0.618. The molecule has 0 unspecified atom stereocenters. The van der Waals surface area contributed by atoms with Crippen molar-refractivity contribution in [1.82, 2.24) is 4.98 Å². The van der Waals surface area contributed by atoms with Gasteiger partial charge in [0.2, 0.25) is 10.9 Å². The molecule has 2 N–H and O–H groups in total. The maximum absolute atomic E-state index is 14.3. The predicted molar refractivity (Wildman–Crippen MR) is 91.9 cm³/mol. The standard InChI is InChI=1S/C16H14FN3O3S/c1-23-14-7-6-12-13(8-9-18-16(12)15(14)17)19-10-2-4-11(5-3-10)20-24(21)22/h2-9,24H,1H3,(H,18,19)(H,20,21,22). The monoisotopic (exact) mass is 347 g/mol. The van der Waals surface area contributed by atoms with Crippen LogP contribution in [0.4, 0.5) is 21.5 Å². The number of fused-ring (bicyclic) bond motifs is 1. The van der Waals surface area contributed by atoms with Gasteiger partial charge in [-0.1, -0.05) is 0 Å². The number of halogens is 1. The summed E-state index contributed by atoms with van der Waals surface area (Å²) in [5, 5.41) is 3.78. The van der Waals surface area contributed by atoms with Gasteiger partial charge in [-0.25, -0.2) is 12.8 Å². The first-order valence-electron chi connectivity index (χ1n) is 6.98. The molecule has 0 radical (unpaired) electrons. The van der Waals surface area contributed by atoms with Crippen LogP contribution < -0.4 is 14.8 Å². The number of thiol groups is 1. The molecule has 2 aromatic carbocycles. The number of aromatic nitrogens is 1. The van der Waals surface area contributed by atoms with Crippen molar-refractivity contribution < 1.29 is 17.5 Å². The molecule has 0 aliphatic carbocycles. The van der Waals surface area contributed by atoms with Gasteiger partial charge < -0.3 is 10.1 Å². The second kappa shape index (κ2) is 6.71. The molecule has 24 heavy (non-hydrogen) atoms. The van der Waals surface area contributed by atoms with Gasteiger partial charge in [-0.3, -0.25) is 9.71 Å². The summed E-state index contributed by atoms with van der Waals surface area (Å²) in [4.78, 5) is 4.07. The Kier molecular flexibility index (Phi) is 4.48. The molecule has 3 aromatic rings. The zero-order chi connectivity index (χ0) is 17.1. The van der Waals surface area contributed by atoms with Crippen LogP contribution >= 0.6 is 0 Å². The molecule has 6 nitrogen and oxygen atoms in total. The lowest BCUT2D eigenvalue weighted by Gasteiger charge is -2.11. The molecule has 8 heteroatoms. The molecule has 124 valence electrons. The Morgan fingerprint density at radius 2 is 1.75 bits per heavy atom. The smallest absolute Gasteiger partial charge is 0.222 e. The van der Waals surface area contributed by atoms with Crippen molar-refractivity contribution >= 4 is 38.9 Å². The summed E-state index contributed by atoms with van der Waals surface area (Å²) in [6.07, 6.45) is 1.51. The number of anilines is 3. The summed E-state index contributed by atoms with van der Waals surface area (Å²) < 4.78 is 42.8. The maximum atomic E-state index is 14.3. The molecule has 0 amide bonds. The van der Waals surface area contributed by atoms with Crippen LogP contribution in [-0.2, 0) is 10.9 Å². The third-order valence-corrected chi connectivity index (χ3v) is 3.86. The van der Waals surface area contributed by atoms with Gasteiger partial charge in [-0.2, -0.15) is 0 Å². The summed E-state index contributed by atoms with van der Waals surface area (Å²) in [6.45, 7) is 0. The van der Waals surface area contributed by atoms with Crippen LogP contribution in [0.2, 0.25) is 0 Å². The number of ether oxygens (including phenoxy) is 1. The van der Waals surface area contributed by atoms with Gasteiger partial charge in [0.05, 0.1) is 7.11 Å². The van der Waals surface area contributed by atoms with E-state index in [0.717, 1.165) is 5.69 Å². The zero-order valence-corrected chi connectivity index (χ0v) is 13.5. The summed E-state index contributed by atoms with van der Waals surface area (Å²) in [5.74, 6) is -0.383. The van der Waals surface area contributed by atoms with Gasteiger partial charge in [0.1, 0.15) is 5.52 Å². The second-order valence-corrected chi connectivity index (χ2v) is 5.65. The van der Waals surface area contributed by atoms with Crippen LogP contribution in [0.15, 0.2) is 48.7 Å². The van der Waals surface area contributed by atoms with Crippen LogP contribution in [0.5, 0.6) is 5.75 Å². The normalized spacial score (nSPS) is 10.8. The van der Waals surface area contributed by atoms with E-state index in [0.29, 0.717) is 16.8 Å². The highest BCUT2D eigenvalue weighted by molar-refractivity contribution is 7.73. The van der Waals surface area contributed by atoms with Crippen molar-refractivity contribution in [2.75, 3.05) is 17.1 Å². The van der Waals surface area contributed by atoms with Gasteiger partial charge in [0.15, 0.2) is 11.6 Å². The van der Waals surface area contributed by atoms with Gasteiger partial charge in [-0.15, -0.1) is 0 Å². The first-order chi connectivity index (χ1) is 11.6. The Balaban J connectivity index is 1.94. The van der Waals surface area contributed by atoms with Crippen LogP contribution in [0, 0.1) is 5.82 Å². The Hall–Kier alpha value is -2.87. The minimum Gasteiger partial charge on any atom is -0.494 e. The van der Waals surface area contributed by atoms with E-state index in [1.54, 1.807) is 42.5 Å².